The van der Waals surface area contributed by atoms with Crippen LogP contribution in [0.4, 0.5) is 5.69 Å². The molecule has 0 fully saturated rings. The summed E-state index contributed by atoms with van der Waals surface area (Å²) in [5, 5.41) is 6.70. The van der Waals surface area contributed by atoms with Crippen molar-refractivity contribution in [3.63, 3.8) is 0 Å². The van der Waals surface area contributed by atoms with Crippen LogP contribution in [0.5, 0.6) is 5.75 Å². The number of ether oxygens (including phenoxy) is 1. The van der Waals surface area contributed by atoms with Gasteiger partial charge in [0.05, 0.1) is 5.02 Å². The van der Waals surface area contributed by atoms with Gasteiger partial charge < -0.3 is 10.1 Å². The zero-order valence-electron chi connectivity index (χ0n) is 11.9. The Labute approximate surface area is 167 Å². The normalized spacial score (nSPS) is 10.2. The van der Waals surface area contributed by atoms with E-state index in [2.05, 4.69) is 26.6 Å². The highest BCUT2D eigenvalue weighted by molar-refractivity contribution is 9.10. The van der Waals surface area contributed by atoms with Gasteiger partial charge in [0.2, 0.25) is 0 Å². The van der Waals surface area contributed by atoms with Crippen molar-refractivity contribution >= 4 is 79.7 Å². The average molecular weight is 469 g/mol. The molecule has 0 unspecified atom stereocenters. The zero-order valence-corrected chi connectivity index (χ0v) is 16.6. The number of carbonyl (C=O) groups excluding carboxylic acids is 1. The average Bonchev–Trinajstić information content (AvgIpc) is 2.44. The molecule has 126 valence electrons. The van der Waals surface area contributed by atoms with Crippen LogP contribution >= 0.6 is 63.0 Å². The van der Waals surface area contributed by atoms with Crippen LogP contribution < -0.4 is 15.4 Å². The molecule has 2 aromatic carbocycles. The van der Waals surface area contributed by atoms with Gasteiger partial charge in [-0.1, -0.05) is 50.7 Å². The van der Waals surface area contributed by atoms with Crippen molar-refractivity contribution in [1.82, 2.24) is 5.32 Å². The quantitative estimate of drug-likeness (QED) is 0.598. The van der Waals surface area contributed by atoms with Crippen LogP contribution in [0.25, 0.3) is 0 Å². The van der Waals surface area contributed by atoms with Crippen molar-refractivity contribution < 1.29 is 9.53 Å². The molecule has 1 amide bonds. The minimum atomic E-state index is -0.431. The molecule has 0 saturated heterocycles. The van der Waals surface area contributed by atoms with Crippen LogP contribution in [0.3, 0.4) is 0 Å². The lowest BCUT2D eigenvalue weighted by Gasteiger charge is -2.11. The molecule has 0 bridgehead atoms. The van der Waals surface area contributed by atoms with E-state index in [0.717, 1.165) is 4.47 Å². The van der Waals surface area contributed by atoms with Gasteiger partial charge in [-0.3, -0.25) is 10.1 Å². The van der Waals surface area contributed by atoms with Gasteiger partial charge in [-0.25, -0.2) is 0 Å². The Balaban J connectivity index is 1.86. The van der Waals surface area contributed by atoms with Gasteiger partial charge in [0, 0.05) is 20.2 Å². The smallest absolute Gasteiger partial charge is 0.264 e. The van der Waals surface area contributed by atoms with Crippen LogP contribution in [0.2, 0.25) is 15.1 Å². The summed E-state index contributed by atoms with van der Waals surface area (Å²) in [6, 6.07) is 9.93. The number of anilines is 1. The molecule has 0 aliphatic heterocycles. The van der Waals surface area contributed by atoms with Gasteiger partial charge in [-0.15, -0.1) is 0 Å². The lowest BCUT2D eigenvalue weighted by atomic mass is 10.3. The lowest BCUT2D eigenvalue weighted by molar-refractivity contribution is -0.121. The maximum atomic E-state index is 11.9. The first-order valence-electron chi connectivity index (χ1n) is 6.48. The van der Waals surface area contributed by atoms with Gasteiger partial charge >= 0.3 is 0 Å². The molecule has 2 rings (SSSR count). The number of rotatable bonds is 4. The molecule has 0 saturated carbocycles. The molecule has 0 heterocycles. The first-order chi connectivity index (χ1) is 11.3. The third-order valence-corrected chi connectivity index (χ3v) is 4.06. The highest BCUT2D eigenvalue weighted by Gasteiger charge is 2.09. The largest absolute Gasteiger partial charge is 0.482 e. The number of amides is 1. The third-order valence-electron chi connectivity index (χ3n) is 2.63. The van der Waals surface area contributed by atoms with Crippen LogP contribution in [-0.2, 0) is 4.79 Å². The number of hydrogen-bond acceptors (Lipinski definition) is 3. The van der Waals surface area contributed by atoms with Crippen molar-refractivity contribution in [1.29, 1.82) is 0 Å². The first-order valence-corrected chi connectivity index (χ1v) is 8.82. The number of halogens is 4. The SMILES string of the molecule is O=C(COc1ccc(Br)cc1Cl)NC(=S)Nc1cc(Cl)cc(Cl)c1. The summed E-state index contributed by atoms with van der Waals surface area (Å²) in [4.78, 5) is 11.9. The van der Waals surface area contributed by atoms with E-state index in [0.29, 0.717) is 26.5 Å². The highest BCUT2D eigenvalue weighted by Crippen LogP contribution is 2.27. The zero-order chi connectivity index (χ0) is 17.7. The second-order valence-electron chi connectivity index (χ2n) is 4.52. The minimum Gasteiger partial charge on any atom is -0.482 e. The predicted molar refractivity (Wildman–Crippen MR) is 105 cm³/mol. The van der Waals surface area contributed by atoms with Crippen molar-refractivity contribution in [2.24, 2.45) is 0 Å². The second-order valence-corrected chi connectivity index (χ2v) is 7.13. The Hall–Kier alpha value is -1.05. The summed E-state index contributed by atoms with van der Waals surface area (Å²) in [6.45, 7) is -0.237. The number of benzene rings is 2. The fraction of sp³-hybridized carbons (Fsp3) is 0.0667. The van der Waals surface area contributed by atoms with E-state index in [4.69, 9.17) is 51.8 Å². The molecule has 2 aromatic rings. The van der Waals surface area contributed by atoms with Crippen LogP contribution in [0.15, 0.2) is 40.9 Å². The molecule has 0 radical (unpaired) electrons. The fourth-order valence-electron chi connectivity index (χ4n) is 1.69. The molecule has 0 aromatic heterocycles. The van der Waals surface area contributed by atoms with Gasteiger partial charge in [-0.05, 0) is 48.6 Å². The molecule has 2 N–H and O–H groups in total. The number of nitrogens with one attached hydrogen (secondary N) is 2. The van der Waals surface area contributed by atoms with E-state index in [9.17, 15) is 4.79 Å². The van der Waals surface area contributed by atoms with Gasteiger partial charge in [0.1, 0.15) is 5.75 Å². The van der Waals surface area contributed by atoms with Crippen LogP contribution in [-0.4, -0.2) is 17.6 Å². The monoisotopic (exact) mass is 466 g/mol. The van der Waals surface area contributed by atoms with E-state index in [1.807, 2.05) is 0 Å². The Kier molecular flexibility index (Phi) is 7.13. The molecule has 0 aliphatic carbocycles. The maximum Gasteiger partial charge on any atom is 0.264 e. The highest BCUT2D eigenvalue weighted by atomic mass is 79.9. The lowest BCUT2D eigenvalue weighted by Crippen LogP contribution is -2.37. The standard InChI is InChI=1S/C15H10BrCl3N2O2S/c16-8-1-2-13(12(19)3-8)23-7-14(22)21-15(24)20-11-5-9(17)4-10(18)6-11/h1-6H,7H2,(H2,20,21,22,24). The van der Waals surface area contributed by atoms with Crippen molar-refractivity contribution in [3.8, 4) is 5.75 Å². The summed E-state index contributed by atoms with van der Waals surface area (Å²) in [7, 11) is 0. The Bertz CT molecular complexity index is 769. The van der Waals surface area contributed by atoms with Gasteiger partial charge in [0.25, 0.3) is 5.91 Å². The molecule has 0 atom stereocenters. The first kappa shape index (κ1) is 19.3. The topological polar surface area (TPSA) is 50.4 Å². The van der Waals surface area contributed by atoms with E-state index in [-0.39, 0.29) is 11.7 Å². The molecular weight excluding hydrogens is 459 g/mol. The molecule has 4 nitrogen and oxygen atoms in total. The van der Waals surface area contributed by atoms with E-state index < -0.39 is 5.91 Å². The number of hydrogen-bond donors (Lipinski definition) is 2. The summed E-state index contributed by atoms with van der Waals surface area (Å²) < 4.78 is 6.16. The van der Waals surface area contributed by atoms with Crippen LogP contribution in [0.1, 0.15) is 0 Å². The second kappa shape index (κ2) is 8.87. The summed E-state index contributed by atoms with van der Waals surface area (Å²) in [5.41, 5.74) is 0.565. The van der Waals surface area contributed by atoms with E-state index >= 15 is 0 Å². The van der Waals surface area contributed by atoms with E-state index in [1.54, 1.807) is 36.4 Å². The van der Waals surface area contributed by atoms with Gasteiger partial charge in [0.15, 0.2) is 11.7 Å². The molecular formula is C15H10BrCl3N2O2S. The van der Waals surface area contributed by atoms with Crippen molar-refractivity contribution in [2.75, 3.05) is 11.9 Å². The number of carbonyl (C=O) groups is 1. The van der Waals surface area contributed by atoms with Gasteiger partial charge in [-0.2, -0.15) is 0 Å². The number of thiocarbonyl (C=S) groups is 1. The van der Waals surface area contributed by atoms with Crippen LogP contribution in [0, 0.1) is 0 Å². The Morgan fingerprint density at radius 3 is 2.42 bits per heavy atom. The molecule has 9 heteroatoms. The van der Waals surface area contributed by atoms with Crippen molar-refractivity contribution in [2.45, 2.75) is 0 Å². The van der Waals surface area contributed by atoms with Crippen molar-refractivity contribution in [3.05, 3.63) is 55.9 Å². The summed E-state index contributed by atoms with van der Waals surface area (Å²) in [6.07, 6.45) is 0. The predicted octanol–water partition coefficient (Wildman–Crippen LogP) is 5.30. The summed E-state index contributed by atoms with van der Waals surface area (Å²) >= 11 is 26.1. The van der Waals surface area contributed by atoms with E-state index in [1.165, 1.54) is 0 Å². The molecule has 24 heavy (non-hydrogen) atoms. The maximum absolute atomic E-state index is 11.9. The Morgan fingerprint density at radius 1 is 1.12 bits per heavy atom. The fourth-order valence-corrected chi connectivity index (χ4v) is 3.17. The summed E-state index contributed by atoms with van der Waals surface area (Å²) in [5.74, 6) is -0.0323. The molecule has 0 aliphatic rings. The third kappa shape index (κ3) is 6.11. The Morgan fingerprint density at radius 2 is 1.79 bits per heavy atom. The minimum absolute atomic E-state index is 0.101. The molecule has 0 spiro atoms.